The van der Waals surface area contributed by atoms with Crippen molar-refractivity contribution in [1.82, 2.24) is 25.5 Å². The van der Waals surface area contributed by atoms with Gasteiger partial charge in [0.25, 0.3) is 0 Å². The fraction of sp³-hybridized carbons (Fsp3) is 0.278. The van der Waals surface area contributed by atoms with Crippen LogP contribution in [-0.4, -0.2) is 39.1 Å². The summed E-state index contributed by atoms with van der Waals surface area (Å²) >= 11 is 1.64. The van der Waals surface area contributed by atoms with Gasteiger partial charge < -0.3 is 22.5 Å². The highest BCUT2D eigenvalue weighted by Crippen LogP contribution is 2.17. The van der Waals surface area contributed by atoms with E-state index >= 15 is 0 Å². The lowest BCUT2D eigenvalue weighted by Gasteiger charge is -2.07. The molecule has 138 valence electrons. The summed E-state index contributed by atoms with van der Waals surface area (Å²) in [6.45, 7) is 4.38. The highest BCUT2D eigenvalue weighted by molar-refractivity contribution is 7.99. The molecule has 0 unspecified atom stereocenters. The number of aromatic nitrogens is 4. The number of nitrogens with zero attached hydrogens (tertiary/aromatic N) is 4. The number of rotatable bonds is 9. The normalized spacial score (nSPS) is 10.3. The van der Waals surface area contributed by atoms with Crippen molar-refractivity contribution in [3.8, 4) is 11.4 Å². The van der Waals surface area contributed by atoms with E-state index in [4.69, 9.17) is 4.74 Å². The zero-order valence-electron chi connectivity index (χ0n) is 14.5. The van der Waals surface area contributed by atoms with Crippen molar-refractivity contribution in [2.45, 2.75) is 18.6 Å². The molecule has 0 aliphatic carbocycles. The minimum atomic E-state index is 0. The first-order valence-corrected chi connectivity index (χ1v) is 9.24. The Morgan fingerprint density at radius 1 is 1.08 bits per heavy atom. The molecule has 0 radical (unpaired) electrons. The summed E-state index contributed by atoms with van der Waals surface area (Å²) in [5, 5.41) is 16.2. The third kappa shape index (κ3) is 5.72. The highest BCUT2D eigenvalue weighted by atomic mass is 35.5. The van der Waals surface area contributed by atoms with Crippen LogP contribution in [0, 0.1) is 0 Å². The SMILES string of the molecule is CCOc1ccc(CNCCSc2nnnn2-c2ccccc2)cc1.[Cl-]. The van der Waals surface area contributed by atoms with Crippen LogP contribution in [0.25, 0.3) is 5.69 Å². The first-order chi connectivity index (χ1) is 12.4. The topological polar surface area (TPSA) is 64.9 Å². The summed E-state index contributed by atoms with van der Waals surface area (Å²) in [4.78, 5) is 0. The molecular formula is C18H21ClN5OS-. The molecule has 8 heteroatoms. The molecule has 3 rings (SSSR count). The smallest absolute Gasteiger partial charge is 0.214 e. The molecule has 6 nitrogen and oxygen atoms in total. The Morgan fingerprint density at radius 3 is 2.58 bits per heavy atom. The summed E-state index contributed by atoms with van der Waals surface area (Å²) in [6.07, 6.45) is 0. The van der Waals surface area contributed by atoms with Crippen molar-refractivity contribution >= 4 is 11.8 Å². The van der Waals surface area contributed by atoms with Gasteiger partial charge in [0.1, 0.15) is 5.75 Å². The quantitative estimate of drug-likeness (QED) is 0.408. The van der Waals surface area contributed by atoms with E-state index in [0.717, 1.165) is 35.4 Å². The van der Waals surface area contributed by atoms with Crippen molar-refractivity contribution < 1.29 is 17.1 Å². The Morgan fingerprint density at radius 2 is 1.85 bits per heavy atom. The number of halogens is 1. The molecule has 0 bridgehead atoms. The first-order valence-electron chi connectivity index (χ1n) is 8.26. The molecule has 0 amide bonds. The molecule has 0 fully saturated rings. The van der Waals surface area contributed by atoms with Gasteiger partial charge >= 0.3 is 0 Å². The number of benzene rings is 2. The zero-order valence-corrected chi connectivity index (χ0v) is 16.1. The molecule has 26 heavy (non-hydrogen) atoms. The lowest BCUT2D eigenvalue weighted by Crippen LogP contribution is -3.00. The molecule has 3 aromatic rings. The number of thioether (sulfide) groups is 1. The standard InChI is InChI=1S/C18H21N5OS.ClH/c1-2-24-17-10-8-15(9-11-17)14-19-12-13-25-18-20-21-22-23(18)16-6-4-3-5-7-16;/h3-11,19H,2,12-14H2,1H3;1H/p-1. The molecule has 1 N–H and O–H groups in total. The van der Waals surface area contributed by atoms with Crippen molar-refractivity contribution in [3.63, 3.8) is 0 Å². The van der Waals surface area contributed by atoms with Crippen LogP contribution in [-0.2, 0) is 6.54 Å². The van der Waals surface area contributed by atoms with Crippen LogP contribution < -0.4 is 22.5 Å². The van der Waals surface area contributed by atoms with Gasteiger partial charge in [-0.1, -0.05) is 42.1 Å². The molecule has 0 saturated heterocycles. The third-order valence-electron chi connectivity index (χ3n) is 3.52. The van der Waals surface area contributed by atoms with Crippen molar-refractivity contribution in [1.29, 1.82) is 0 Å². The van der Waals surface area contributed by atoms with Crippen LogP contribution in [0.3, 0.4) is 0 Å². The minimum Gasteiger partial charge on any atom is -1.00 e. The summed E-state index contributed by atoms with van der Waals surface area (Å²) in [5.41, 5.74) is 2.21. The number of nitrogens with one attached hydrogen (secondary N) is 1. The van der Waals surface area contributed by atoms with Gasteiger partial charge in [-0.2, -0.15) is 4.68 Å². The van der Waals surface area contributed by atoms with Crippen molar-refractivity contribution in [2.75, 3.05) is 18.9 Å². The van der Waals surface area contributed by atoms with Crippen LogP contribution in [0.1, 0.15) is 12.5 Å². The summed E-state index contributed by atoms with van der Waals surface area (Å²) in [7, 11) is 0. The van der Waals surface area contributed by atoms with Crippen LogP contribution in [0.2, 0.25) is 0 Å². The van der Waals surface area contributed by atoms with E-state index < -0.39 is 0 Å². The molecule has 0 atom stereocenters. The van der Waals surface area contributed by atoms with Crippen molar-refractivity contribution in [3.05, 3.63) is 60.2 Å². The molecule has 2 aromatic carbocycles. The average molecular weight is 391 g/mol. The van der Waals surface area contributed by atoms with E-state index in [1.54, 1.807) is 16.4 Å². The Balaban J connectivity index is 0.00000243. The van der Waals surface area contributed by atoms with Crippen LogP contribution in [0.5, 0.6) is 5.75 Å². The van der Waals surface area contributed by atoms with Gasteiger partial charge in [-0.05, 0) is 47.2 Å². The second-order valence-corrected chi connectivity index (χ2v) is 6.37. The second kappa shape index (κ2) is 10.8. The fourth-order valence-electron chi connectivity index (χ4n) is 2.32. The number of para-hydroxylation sites is 1. The lowest BCUT2D eigenvalue weighted by atomic mass is 10.2. The molecule has 0 saturated carbocycles. The van der Waals surface area contributed by atoms with Crippen LogP contribution in [0.4, 0.5) is 0 Å². The lowest BCUT2D eigenvalue weighted by molar-refractivity contribution is -0.00000577. The summed E-state index contributed by atoms with van der Waals surface area (Å²) in [5.74, 6) is 1.80. The Kier molecular flexibility index (Phi) is 8.40. The molecule has 1 heterocycles. The van der Waals surface area contributed by atoms with Gasteiger partial charge in [0.15, 0.2) is 0 Å². The third-order valence-corrected chi connectivity index (χ3v) is 4.44. The largest absolute Gasteiger partial charge is 1.00 e. The number of ether oxygens (including phenoxy) is 1. The van der Waals surface area contributed by atoms with Gasteiger partial charge in [0.2, 0.25) is 5.16 Å². The van der Waals surface area contributed by atoms with Gasteiger partial charge in [-0.25, -0.2) is 0 Å². The van der Waals surface area contributed by atoms with E-state index in [9.17, 15) is 0 Å². The molecular weight excluding hydrogens is 370 g/mol. The minimum absolute atomic E-state index is 0. The Labute approximate surface area is 163 Å². The Bertz CT molecular complexity index is 767. The first kappa shape index (κ1) is 20.2. The summed E-state index contributed by atoms with van der Waals surface area (Å²) < 4.78 is 7.21. The number of tetrazole rings is 1. The van der Waals surface area contributed by atoms with Gasteiger partial charge in [0.05, 0.1) is 12.3 Å². The van der Waals surface area contributed by atoms with Gasteiger partial charge in [-0.15, -0.1) is 5.10 Å². The number of hydrogen-bond donors (Lipinski definition) is 1. The van der Waals surface area contributed by atoms with Crippen LogP contribution >= 0.6 is 11.8 Å². The van der Waals surface area contributed by atoms with E-state index in [1.165, 1.54) is 5.56 Å². The molecule has 0 aliphatic heterocycles. The fourth-order valence-corrected chi connectivity index (χ4v) is 3.11. The predicted octanol–water partition coefficient (Wildman–Crippen LogP) is -0.0531. The monoisotopic (exact) mass is 390 g/mol. The van der Waals surface area contributed by atoms with E-state index in [1.807, 2.05) is 49.4 Å². The van der Waals surface area contributed by atoms with E-state index in [-0.39, 0.29) is 12.4 Å². The zero-order chi connectivity index (χ0) is 17.3. The maximum Gasteiger partial charge on any atom is 0.214 e. The summed E-state index contributed by atoms with van der Waals surface area (Å²) in [6, 6.07) is 18.1. The maximum absolute atomic E-state index is 5.45. The van der Waals surface area contributed by atoms with Crippen molar-refractivity contribution in [2.24, 2.45) is 0 Å². The average Bonchev–Trinajstić information content (AvgIpc) is 3.12. The van der Waals surface area contributed by atoms with Crippen LogP contribution in [0.15, 0.2) is 59.8 Å². The molecule has 0 spiro atoms. The second-order valence-electron chi connectivity index (χ2n) is 5.31. The maximum atomic E-state index is 5.45. The van der Waals surface area contributed by atoms with Gasteiger partial charge in [-0.3, -0.25) is 0 Å². The predicted molar refractivity (Wildman–Crippen MR) is 99.2 cm³/mol. The van der Waals surface area contributed by atoms with E-state index in [2.05, 4.69) is 33.0 Å². The molecule has 1 aromatic heterocycles. The van der Waals surface area contributed by atoms with E-state index in [0.29, 0.717) is 6.61 Å². The molecule has 0 aliphatic rings. The number of hydrogen-bond acceptors (Lipinski definition) is 6. The Hall–Kier alpha value is -2.09. The highest BCUT2D eigenvalue weighted by Gasteiger charge is 2.07. The van der Waals surface area contributed by atoms with Gasteiger partial charge in [0, 0.05) is 18.8 Å².